The summed E-state index contributed by atoms with van der Waals surface area (Å²) in [5.74, 6) is 0.652. The molecule has 48 heavy (non-hydrogen) atoms. The highest BCUT2D eigenvalue weighted by Gasteiger charge is 2.18. The van der Waals surface area contributed by atoms with Gasteiger partial charge in [0.05, 0.1) is 27.8 Å². The number of fused-ring (bicyclic) bond motifs is 7. The maximum absolute atomic E-state index is 5.24. The zero-order chi connectivity index (χ0) is 31.6. The Hall–Kier alpha value is -6.52. The predicted octanol–water partition coefficient (Wildman–Crippen LogP) is 11.2. The molecule has 0 unspecified atom stereocenters. The van der Waals surface area contributed by atoms with Crippen LogP contribution in [0.1, 0.15) is 0 Å². The van der Waals surface area contributed by atoms with E-state index in [2.05, 4.69) is 167 Å². The van der Waals surface area contributed by atoms with Crippen molar-refractivity contribution in [2.75, 3.05) is 0 Å². The standard InChI is InChI=1S/C44H28N4/c1-2-12-29(13-3-1)31-23-24-34(33-15-5-4-14-32(31)33)39-26-27-45-44(46-39)48-42-21-11-8-18-37(42)38-28-30(22-25-43(38)48)47-40-19-9-6-16-35(40)36-17-7-10-20-41(36)47/h1-28H. The molecule has 10 rings (SSSR count). The van der Waals surface area contributed by atoms with Gasteiger partial charge in [0.2, 0.25) is 5.95 Å². The van der Waals surface area contributed by atoms with Crippen molar-refractivity contribution < 1.29 is 0 Å². The molecule has 3 heterocycles. The zero-order valence-electron chi connectivity index (χ0n) is 26.0. The molecular weight excluding hydrogens is 585 g/mol. The molecular formula is C44H28N4. The van der Waals surface area contributed by atoms with Gasteiger partial charge in [-0.2, -0.15) is 0 Å². The SMILES string of the molecule is c1ccc(-c2ccc(-c3ccnc(-n4c5ccccc5c5cc(-n6c7ccccc7c7ccccc76)ccc54)n3)c3ccccc23)cc1. The molecule has 0 aliphatic heterocycles. The summed E-state index contributed by atoms with van der Waals surface area (Å²) in [6, 6.07) is 58.2. The molecule has 0 fully saturated rings. The first kappa shape index (κ1) is 26.7. The molecule has 4 nitrogen and oxygen atoms in total. The van der Waals surface area contributed by atoms with Gasteiger partial charge < -0.3 is 4.57 Å². The lowest BCUT2D eigenvalue weighted by molar-refractivity contribution is 0.992. The van der Waals surface area contributed by atoms with Gasteiger partial charge in [-0.05, 0) is 64.4 Å². The van der Waals surface area contributed by atoms with E-state index in [-0.39, 0.29) is 0 Å². The van der Waals surface area contributed by atoms with Crippen LogP contribution < -0.4 is 0 Å². The number of benzene rings is 7. The Labute approximate surface area is 276 Å². The molecule has 224 valence electrons. The van der Waals surface area contributed by atoms with Crippen LogP contribution in [-0.2, 0) is 0 Å². The highest BCUT2D eigenvalue weighted by molar-refractivity contribution is 6.12. The molecule has 7 aromatic carbocycles. The molecule has 0 aliphatic rings. The van der Waals surface area contributed by atoms with Gasteiger partial charge in [-0.25, -0.2) is 9.97 Å². The Kier molecular flexibility index (Phi) is 5.84. The molecule has 0 saturated carbocycles. The Morgan fingerprint density at radius 1 is 0.375 bits per heavy atom. The Morgan fingerprint density at radius 2 is 0.896 bits per heavy atom. The van der Waals surface area contributed by atoms with E-state index in [1.807, 2.05) is 12.3 Å². The van der Waals surface area contributed by atoms with Gasteiger partial charge in [0.25, 0.3) is 0 Å². The Balaban J connectivity index is 1.17. The van der Waals surface area contributed by atoms with Gasteiger partial charge in [-0.15, -0.1) is 0 Å². The Bertz CT molecular complexity index is 2790. The van der Waals surface area contributed by atoms with E-state index in [1.54, 1.807) is 0 Å². The van der Waals surface area contributed by atoms with Crippen LogP contribution in [0.25, 0.3) is 88.4 Å². The minimum absolute atomic E-state index is 0.652. The lowest BCUT2D eigenvalue weighted by atomic mass is 9.94. The minimum atomic E-state index is 0.652. The van der Waals surface area contributed by atoms with Gasteiger partial charge >= 0.3 is 0 Å². The smallest absolute Gasteiger partial charge is 0.235 e. The van der Waals surface area contributed by atoms with E-state index >= 15 is 0 Å². The molecule has 10 aromatic rings. The van der Waals surface area contributed by atoms with Crippen LogP contribution in [0.5, 0.6) is 0 Å². The highest BCUT2D eigenvalue weighted by atomic mass is 15.2. The minimum Gasteiger partial charge on any atom is -0.309 e. The summed E-state index contributed by atoms with van der Waals surface area (Å²) in [5, 5.41) is 7.21. The maximum Gasteiger partial charge on any atom is 0.235 e. The van der Waals surface area contributed by atoms with E-state index in [1.165, 1.54) is 49.1 Å². The van der Waals surface area contributed by atoms with E-state index in [0.717, 1.165) is 33.4 Å². The summed E-state index contributed by atoms with van der Waals surface area (Å²) in [5.41, 5.74) is 10.1. The van der Waals surface area contributed by atoms with Gasteiger partial charge in [-0.1, -0.05) is 121 Å². The predicted molar refractivity (Wildman–Crippen MR) is 199 cm³/mol. The van der Waals surface area contributed by atoms with Crippen molar-refractivity contribution in [3.8, 4) is 34.0 Å². The van der Waals surface area contributed by atoms with Gasteiger partial charge in [0.15, 0.2) is 0 Å². The monoisotopic (exact) mass is 612 g/mol. The van der Waals surface area contributed by atoms with Crippen molar-refractivity contribution in [1.29, 1.82) is 0 Å². The van der Waals surface area contributed by atoms with E-state index in [9.17, 15) is 0 Å². The molecule has 0 saturated heterocycles. The first-order valence-electron chi connectivity index (χ1n) is 16.3. The fourth-order valence-corrected chi connectivity index (χ4v) is 7.51. The number of aromatic nitrogens is 4. The summed E-state index contributed by atoms with van der Waals surface area (Å²) >= 11 is 0. The van der Waals surface area contributed by atoms with Crippen molar-refractivity contribution >= 4 is 54.4 Å². The first-order chi connectivity index (χ1) is 23.8. The van der Waals surface area contributed by atoms with Crippen LogP contribution in [0.15, 0.2) is 170 Å². The summed E-state index contributed by atoms with van der Waals surface area (Å²) in [7, 11) is 0. The largest absolute Gasteiger partial charge is 0.309 e. The molecule has 0 N–H and O–H groups in total. The topological polar surface area (TPSA) is 35.6 Å². The molecule has 0 bridgehead atoms. The lowest BCUT2D eigenvalue weighted by Gasteiger charge is -2.13. The summed E-state index contributed by atoms with van der Waals surface area (Å²) in [6.45, 7) is 0. The second-order valence-electron chi connectivity index (χ2n) is 12.2. The van der Waals surface area contributed by atoms with Crippen LogP contribution in [0.4, 0.5) is 0 Å². The number of hydrogen-bond acceptors (Lipinski definition) is 2. The van der Waals surface area contributed by atoms with E-state index < -0.39 is 0 Å². The van der Waals surface area contributed by atoms with Crippen LogP contribution in [0.3, 0.4) is 0 Å². The van der Waals surface area contributed by atoms with Crippen molar-refractivity contribution in [3.63, 3.8) is 0 Å². The second-order valence-corrected chi connectivity index (χ2v) is 12.2. The molecule has 0 spiro atoms. The normalized spacial score (nSPS) is 11.8. The van der Waals surface area contributed by atoms with E-state index in [4.69, 9.17) is 9.97 Å². The van der Waals surface area contributed by atoms with E-state index in [0.29, 0.717) is 5.95 Å². The fraction of sp³-hybridized carbons (Fsp3) is 0. The average molecular weight is 613 g/mol. The van der Waals surface area contributed by atoms with Crippen LogP contribution in [0, 0.1) is 0 Å². The third-order valence-electron chi connectivity index (χ3n) is 9.62. The summed E-state index contributed by atoms with van der Waals surface area (Å²) < 4.78 is 4.57. The Morgan fingerprint density at radius 3 is 1.58 bits per heavy atom. The second kappa shape index (κ2) is 10.5. The van der Waals surface area contributed by atoms with Crippen molar-refractivity contribution in [2.45, 2.75) is 0 Å². The van der Waals surface area contributed by atoms with Gasteiger partial charge in [-0.3, -0.25) is 4.57 Å². The molecule has 0 aliphatic carbocycles. The first-order valence-corrected chi connectivity index (χ1v) is 16.3. The van der Waals surface area contributed by atoms with Gasteiger partial charge in [0.1, 0.15) is 0 Å². The van der Waals surface area contributed by atoms with Crippen molar-refractivity contribution in [1.82, 2.24) is 19.1 Å². The highest BCUT2D eigenvalue weighted by Crippen LogP contribution is 2.38. The van der Waals surface area contributed by atoms with Gasteiger partial charge in [0, 0.05) is 39.0 Å². The number of hydrogen-bond donors (Lipinski definition) is 0. The molecule has 0 radical (unpaired) electrons. The third-order valence-corrected chi connectivity index (χ3v) is 9.62. The van der Waals surface area contributed by atoms with Crippen molar-refractivity contribution in [3.05, 3.63) is 170 Å². The van der Waals surface area contributed by atoms with Crippen LogP contribution in [0.2, 0.25) is 0 Å². The quantitative estimate of drug-likeness (QED) is 0.198. The maximum atomic E-state index is 5.24. The average Bonchev–Trinajstić information content (AvgIpc) is 3.67. The number of rotatable bonds is 4. The van der Waals surface area contributed by atoms with Crippen LogP contribution >= 0.6 is 0 Å². The zero-order valence-corrected chi connectivity index (χ0v) is 26.0. The molecule has 3 aromatic heterocycles. The molecule has 0 amide bonds. The molecule has 0 atom stereocenters. The number of nitrogens with zero attached hydrogens (tertiary/aromatic N) is 4. The fourth-order valence-electron chi connectivity index (χ4n) is 7.51. The van der Waals surface area contributed by atoms with Crippen molar-refractivity contribution in [2.24, 2.45) is 0 Å². The number of para-hydroxylation sites is 3. The molecule has 4 heteroatoms. The summed E-state index contributed by atoms with van der Waals surface area (Å²) in [4.78, 5) is 10.1. The summed E-state index contributed by atoms with van der Waals surface area (Å²) in [6.07, 6.45) is 1.88. The lowest BCUT2D eigenvalue weighted by Crippen LogP contribution is -2.02. The van der Waals surface area contributed by atoms with Crippen LogP contribution in [-0.4, -0.2) is 19.1 Å². The third kappa shape index (κ3) is 3.96.